The van der Waals surface area contributed by atoms with E-state index in [2.05, 4.69) is 121 Å². The fraction of sp³-hybridized carbons (Fsp3) is 0.111. The molecule has 0 saturated carbocycles. The van der Waals surface area contributed by atoms with Crippen LogP contribution in [-0.4, -0.2) is 0 Å². The molecule has 0 spiro atoms. The molecule has 0 amide bonds. The van der Waals surface area contributed by atoms with Gasteiger partial charge in [0.05, 0.1) is 0 Å². The van der Waals surface area contributed by atoms with Crippen LogP contribution in [-0.2, 0) is 6.54 Å². The van der Waals surface area contributed by atoms with Crippen LogP contribution < -0.4 is 5.32 Å². The van der Waals surface area contributed by atoms with Gasteiger partial charge in [0.25, 0.3) is 0 Å². The molecule has 4 aromatic rings. The van der Waals surface area contributed by atoms with Gasteiger partial charge in [0.15, 0.2) is 0 Å². The van der Waals surface area contributed by atoms with E-state index in [9.17, 15) is 0 Å². The van der Waals surface area contributed by atoms with E-state index < -0.39 is 0 Å². The Morgan fingerprint density at radius 3 is 1.79 bits per heavy atom. The summed E-state index contributed by atoms with van der Waals surface area (Å²) in [5.74, 6) is 0. The van der Waals surface area contributed by atoms with Crippen LogP contribution in [0.4, 0.5) is 0 Å². The normalized spacial score (nSPS) is 11.9. The second-order valence-corrected chi connectivity index (χ2v) is 7.16. The second-order valence-electron chi connectivity index (χ2n) is 7.16. The Bertz CT molecular complexity index is 1000. The lowest BCUT2D eigenvalue weighted by molar-refractivity contribution is 0.575. The first-order chi connectivity index (χ1) is 13.8. The highest BCUT2D eigenvalue weighted by molar-refractivity contribution is 5.70. The van der Waals surface area contributed by atoms with Gasteiger partial charge in [-0.3, -0.25) is 0 Å². The van der Waals surface area contributed by atoms with Crippen LogP contribution in [0.15, 0.2) is 109 Å². The van der Waals surface area contributed by atoms with Crippen molar-refractivity contribution >= 4 is 0 Å². The molecule has 0 aliphatic carbocycles. The molecule has 1 nitrogen and oxygen atoms in total. The maximum absolute atomic E-state index is 3.62. The highest BCUT2D eigenvalue weighted by Crippen LogP contribution is 2.25. The lowest BCUT2D eigenvalue weighted by Gasteiger charge is -2.15. The van der Waals surface area contributed by atoms with Gasteiger partial charge in [-0.05, 0) is 46.4 Å². The smallest absolute Gasteiger partial charge is 0.0294 e. The largest absolute Gasteiger partial charge is 0.306 e. The van der Waals surface area contributed by atoms with Gasteiger partial charge in [0, 0.05) is 12.6 Å². The average molecular weight is 364 g/mol. The highest BCUT2D eigenvalue weighted by Gasteiger charge is 2.05. The summed E-state index contributed by atoms with van der Waals surface area (Å²) in [6.45, 7) is 3.06. The van der Waals surface area contributed by atoms with E-state index in [1.165, 1.54) is 33.4 Å². The zero-order valence-electron chi connectivity index (χ0n) is 16.2. The van der Waals surface area contributed by atoms with Crippen LogP contribution in [0.1, 0.15) is 24.1 Å². The lowest BCUT2D eigenvalue weighted by atomic mass is 9.99. The third kappa shape index (κ3) is 4.39. The molecule has 0 fully saturated rings. The van der Waals surface area contributed by atoms with E-state index in [0.29, 0.717) is 6.04 Å². The minimum Gasteiger partial charge on any atom is -0.306 e. The Kier molecular flexibility index (Phi) is 5.65. The van der Waals surface area contributed by atoms with Gasteiger partial charge in [-0.25, -0.2) is 0 Å². The summed E-state index contributed by atoms with van der Waals surface area (Å²) in [6, 6.07) is 39.0. The van der Waals surface area contributed by atoms with Crippen molar-refractivity contribution in [2.24, 2.45) is 0 Å². The van der Waals surface area contributed by atoms with Crippen LogP contribution in [0.3, 0.4) is 0 Å². The molecule has 1 N–H and O–H groups in total. The Labute approximate surface area is 167 Å². The topological polar surface area (TPSA) is 12.0 Å². The van der Waals surface area contributed by atoms with Crippen molar-refractivity contribution in [2.45, 2.75) is 19.5 Å². The molecule has 1 atom stereocenters. The van der Waals surface area contributed by atoms with E-state index >= 15 is 0 Å². The van der Waals surface area contributed by atoms with Crippen LogP contribution >= 0.6 is 0 Å². The number of hydrogen-bond acceptors (Lipinski definition) is 1. The summed E-state index contributed by atoms with van der Waals surface area (Å²) in [7, 11) is 0. The fourth-order valence-corrected chi connectivity index (χ4v) is 3.48. The summed E-state index contributed by atoms with van der Waals surface area (Å²) in [4.78, 5) is 0. The number of nitrogens with one attached hydrogen (secondary N) is 1. The van der Waals surface area contributed by atoms with Crippen molar-refractivity contribution in [2.75, 3.05) is 0 Å². The van der Waals surface area contributed by atoms with Crippen molar-refractivity contribution in [1.82, 2.24) is 5.32 Å². The van der Waals surface area contributed by atoms with Crippen LogP contribution in [0.5, 0.6) is 0 Å². The Morgan fingerprint density at radius 1 is 0.571 bits per heavy atom. The van der Waals surface area contributed by atoms with E-state index in [0.717, 1.165) is 6.54 Å². The average Bonchev–Trinajstić information content (AvgIpc) is 2.79. The minimum atomic E-state index is 0.329. The molecule has 1 heteroatoms. The van der Waals surface area contributed by atoms with Crippen molar-refractivity contribution < 1.29 is 0 Å². The molecular weight excluding hydrogens is 338 g/mol. The molecule has 0 saturated heterocycles. The molecule has 28 heavy (non-hydrogen) atoms. The SMILES string of the molecule is CC(NCc1cccc(-c2ccc(-c3ccccc3)cc2)c1)c1ccccc1. The third-order valence-electron chi connectivity index (χ3n) is 5.16. The first-order valence-corrected chi connectivity index (χ1v) is 9.83. The predicted molar refractivity (Wildman–Crippen MR) is 119 cm³/mol. The van der Waals surface area contributed by atoms with Crippen molar-refractivity contribution in [1.29, 1.82) is 0 Å². The van der Waals surface area contributed by atoms with Crippen LogP contribution in [0.2, 0.25) is 0 Å². The summed E-state index contributed by atoms with van der Waals surface area (Å²) in [6.07, 6.45) is 0. The molecule has 4 aromatic carbocycles. The molecule has 0 aliphatic heterocycles. The number of rotatable bonds is 6. The minimum absolute atomic E-state index is 0.329. The first-order valence-electron chi connectivity index (χ1n) is 9.83. The van der Waals surface area contributed by atoms with E-state index in [1.54, 1.807) is 0 Å². The van der Waals surface area contributed by atoms with Gasteiger partial charge in [0.1, 0.15) is 0 Å². The van der Waals surface area contributed by atoms with Crippen molar-refractivity contribution in [3.8, 4) is 22.3 Å². The Hall–Kier alpha value is -3.16. The van der Waals surface area contributed by atoms with Crippen LogP contribution in [0.25, 0.3) is 22.3 Å². The molecule has 0 radical (unpaired) electrons. The number of benzene rings is 4. The maximum Gasteiger partial charge on any atom is 0.0294 e. The quantitative estimate of drug-likeness (QED) is 0.394. The summed E-state index contributed by atoms with van der Waals surface area (Å²) < 4.78 is 0. The van der Waals surface area contributed by atoms with Crippen molar-refractivity contribution in [3.05, 3.63) is 120 Å². The van der Waals surface area contributed by atoms with Gasteiger partial charge in [-0.15, -0.1) is 0 Å². The molecule has 138 valence electrons. The third-order valence-corrected chi connectivity index (χ3v) is 5.16. The maximum atomic E-state index is 3.62. The predicted octanol–water partition coefficient (Wildman–Crippen LogP) is 6.87. The summed E-state index contributed by atoms with van der Waals surface area (Å²) in [5.41, 5.74) is 7.62. The van der Waals surface area contributed by atoms with Crippen molar-refractivity contribution in [3.63, 3.8) is 0 Å². The highest BCUT2D eigenvalue weighted by atomic mass is 14.9. The molecule has 0 heterocycles. The van der Waals surface area contributed by atoms with Crippen LogP contribution in [0, 0.1) is 0 Å². The Morgan fingerprint density at radius 2 is 1.11 bits per heavy atom. The van der Waals surface area contributed by atoms with E-state index in [1.807, 2.05) is 0 Å². The Balaban J connectivity index is 1.46. The summed E-state index contributed by atoms with van der Waals surface area (Å²) in [5, 5.41) is 3.62. The van der Waals surface area contributed by atoms with Gasteiger partial charge in [-0.2, -0.15) is 0 Å². The second kappa shape index (κ2) is 8.69. The molecule has 1 unspecified atom stereocenters. The van der Waals surface area contributed by atoms with E-state index in [4.69, 9.17) is 0 Å². The molecule has 0 aliphatic rings. The zero-order chi connectivity index (χ0) is 19.2. The molecule has 4 rings (SSSR count). The molecule has 0 aromatic heterocycles. The van der Waals surface area contributed by atoms with Gasteiger partial charge in [0.2, 0.25) is 0 Å². The van der Waals surface area contributed by atoms with Gasteiger partial charge >= 0.3 is 0 Å². The number of hydrogen-bond donors (Lipinski definition) is 1. The first kappa shape index (κ1) is 18.2. The zero-order valence-corrected chi connectivity index (χ0v) is 16.2. The monoisotopic (exact) mass is 363 g/mol. The van der Waals surface area contributed by atoms with Gasteiger partial charge in [-0.1, -0.05) is 103 Å². The van der Waals surface area contributed by atoms with Gasteiger partial charge < -0.3 is 5.32 Å². The lowest BCUT2D eigenvalue weighted by Crippen LogP contribution is -2.17. The fourth-order valence-electron chi connectivity index (χ4n) is 3.48. The summed E-state index contributed by atoms with van der Waals surface area (Å²) >= 11 is 0. The standard InChI is InChI=1S/C27H25N/c1-21(23-10-4-2-5-11-23)28-20-22-9-8-14-27(19-22)26-17-15-25(16-18-26)24-12-6-3-7-13-24/h2-19,21,28H,20H2,1H3. The van der Waals surface area contributed by atoms with E-state index in [-0.39, 0.29) is 0 Å². The molecule has 0 bridgehead atoms. The molecular formula is C27H25N.